The van der Waals surface area contributed by atoms with Gasteiger partial charge < -0.3 is 4.74 Å². The monoisotopic (exact) mass is 1990 g/mol. The highest BCUT2D eigenvalue weighted by molar-refractivity contribution is 5.41. The average Bonchev–Trinajstić information content (AvgIpc) is 0.843. The molecule has 0 bridgehead atoms. The van der Waals surface area contributed by atoms with Crippen molar-refractivity contribution in [1.29, 1.82) is 0 Å². The van der Waals surface area contributed by atoms with Gasteiger partial charge in [0.05, 0.1) is 7.11 Å². The van der Waals surface area contributed by atoms with Crippen molar-refractivity contribution in [2.24, 2.45) is 0 Å². The number of methoxy groups -OCH3 is 1. The lowest BCUT2D eigenvalue weighted by molar-refractivity contribution is 0.413. The predicted molar refractivity (Wildman–Crippen MR) is 662 cm³/mol. The minimum atomic E-state index is 0.542. The molecular weight excluding hydrogens is 1790 g/mol. The molecule has 804 valence electrons. The van der Waals surface area contributed by atoms with Crippen LogP contribution in [0.2, 0.25) is 0 Å². The number of aromatic nitrogens is 3. The maximum Gasteiger partial charge on any atom is 0.119 e. The summed E-state index contributed by atoms with van der Waals surface area (Å²) in [4.78, 5) is 12.8. The van der Waals surface area contributed by atoms with Crippen molar-refractivity contribution in [3.63, 3.8) is 0 Å². The number of hydrogen-bond acceptors (Lipinski definition) is 4. The third kappa shape index (κ3) is 56.3. The summed E-state index contributed by atoms with van der Waals surface area (Å²) in [7, 11) is 1.71. The molecule has 4 heteroatoms. The second-order valence-corrected chi connectivity index (χ2v) is 45.4. The molecule has 4 nitrogen and oxygen atoms in total. The Hall–Kier alpha value is -11.3. The summed E-state index contributed by atoms with van der Waals surface area (Å²) in [6.07, 6.45) is 5.64. The highest BCUT2D eigenvalue weighted by Gasteiger charge is 2.10. The molecule has 0 spiro atoms. The third-order valence-electron chi connectivity index (χ3n) is 26.6. The molecule has 0 aliphatic carbocycles. The topological polar surface area (TPSA) is 47.9 Å². The third-order valence-corrected chi connectivity index (χ3v) is 26.6. The molecule has 0 atom stereocenters. The Morgan fingerprint density at radius 1 is 0.155 bits per heavy atom. The molecule has 0 amide bonds. The van der Waals surface area contributed by atoms with Gasteiger partial charge in [0.2, 0.25) is 0 Å². The molecule has 0 fully saturated rings. The van der Waals surface area contributed by atoms with Crippen LogP contribution in [0, 0.1) is 138 Å². The summed E-state index contributed by atoms with van der Waals surface area (Å²) in [6, 6.07) is 93.6. The largest absolute Gasteiger partial charge is 0.497 e. The highest BCUT2D eigenvalue weighted by atomic mass is 16.5. The van der Waals surface area contributed by atoms with Gasteiger partial charge in [-0.15, -0.1) is 0 Å². The smallest absolute Gasteiger partial charge is 0.119 e. The molecular formula is C144H207N3O. The number of benzene rings is 11. The van der Waals surface area contributed by atoms with Gasteiger partial charge in [0.25, 0.3) is 0 Å². The molecule has 0 radical (unpaired) electrons. The molecule has 0 saturated heterocycles. The Morgan fingerprint density at radius 3 is 0.595 bits per heavy atom. The van der Waals surface area contributed by atoms with Crippen molar-refractivity contribution >= 4 is 0 Å². The van der Waals surface area contributed by atoms with E-state index in [1.807, 2.05) is 36.8 Å². The first-order valence-electron chi connectivity index (χ1n) is 55.3. The van der Waals surface area contributed by atoms with E-state index in [1.165, 1.54) is 190 Å². The summed E-state index contributed by atoms with van der Waals surface area (Å²) < 4.78 is 5.19. The van der Waals surface area contributed by atoms with Crippen LogP contribution in [0.5, 0.6) is 5.75 Å². The Bertz CT molecular complexity index is 5350. The molecule has 11 aromatic carbocycles. The molecule has 0 aliphatic heterocycles. The molecule has 0 aliphatic rings. The SMILES string of the molecule is COc1cc(C)cc(C(C)C)c1.Cc1cc(C(C)C)cc(C)c1C.Cc1ccc(C(C)C)cc1.Cc1ccc(C(C)C)cc1.Cc1ccc(C(C)C)cc1C.Cc1ccc(C(C)C)cc1C.Cc1ccc(C(C)C)cc1C.Cc1ccc(C(C)C)cc1C.Cc1ccc(C(C)C)nc1.Cc1cccc(C(C)C)c1.Cc1cccc(C(C)C)c1.Cc1cccc(C(C)C)c1.Cc1ccnc(C(C)C)c1.Cc1ccnc(C(C)C)c1. The summed E-state index contributed by atoms with van der Waals surface area (Å²) in [6.45, 7) is 105. The second-order valence-electron chi connectivity index (χ2n) is 45.4. The fraction of sp³-hybridized carbons (Fsp3) is 0.438. The molecule has 14 rings (SSSR count). The van der Waals surface area contributed by atoms with Gasteiger partial charge in [0.1, 0.15) is 5.75 Å². The van der Waals surface area contributed by atoms with Gasteiger partial charge in [-0.2, -0.15) is 0 Å². The van der Waals surface area contributed by atoms with Gasteiger partial charge in [-0.05, 0) is 408 Å². The standard InChI is InChI=1S/C12H18.C11H16O.4C11H16.5C10H14.3C9H13N/c1-8(2)12-6-9(3)11(5)10(4)7-12;1-8(2)10-5-9(3)6-11(7-10)12-4;4*1-8(2)11-6-5-9(3)10(4)7-11;2*1-8(2)10-6-4-9(3)5-7-10;3*1-8(2)10-6-4-5-9(3)7-10;2*1-7(2)9-6-8(3)4-5-10-9;1-7(2)9-5-4-8(3)6-10-9/h6-8H,1-5H3;5-8H,1-4H3;4*5-8H,1-4H3;5*4-8H,1-3H3;3*4-7H,1-3H3. The van der Waals surface area contributed by atoms with E-state index in [9.17, 15) is 0 Å². The van der Waals surface area contributed by atoms with Crippen LogP contribution in [0.3, 0.4) is 0 Å². The van der Waals surface area contributed by atoms with Crippen LogP contribution in [0.25, 0.3) is 0 Å². The Kier molecular flexibility index (Phi) is 64.9. The number of rotatable bonds is 15. The number of aryl methyl sites for hydroxylation is 19. The minimum absolute atomic E-state index is 0.542. The summed E-state index contributed by atoms with van der Waals surface area (Å²) in [5.41, 5.74) is 46.4. The Morgan fingerprint density at radius 2 is 0.385 bits per heavy atom. The van der Waals surface area contributed by atoms with Crippen molar-refractivity contribution in [3.05, 3.63) is 469 Å². The summed E-state index contributed by atoms with van der Waals surface area (Å²) in [5, 5.41) is 0. The Labute approximate surface area is 910 Å². The van der Waals surface area contributed by atoms with E-state index in [-0.39, 0.29) is 0 Å². The zero-order valence-corrected chi connectivity index (χ0v) is 103. The lowest BCUT2D eigenvalue weighted by atomic mass is 9.95. The number of ether oxygens (including phenoxy) is 1. The van der Waals surface area contributed by atoms with Gasteiger partial charge in [0, 0.05) is 35.7 Å². The minimum Gasteiger partial charge on any atom is -0.497 e. The zero-order chi connectivity index (χ0) is 113. The van der Waals surface area contributed by atoms with Crippen molar-refractivity contribution in [2.75, 3.05) is 7.11 Å². The van der Waals surface area contributed by atoms with Gasteiger partial charge in [-0.25, -0.2) is 0 Å². The van der Waals surface area contributed by atoms with Gasteiger partial charge >= 0.3 is 0 Å². The van der Waals surface area contributed by atoms with E-state index in [4.69, 9.17) is 4.74 Å². The van der Waals surface area contributed by atoms with Crippen LogP contribution in [-0.2, 0) is 0 Å². The van der Waals surface area contributed by atoms with Crippen LogP contribution >= 0.6 is 0 Å². The van der Waals surface area contributed by atoms with E-state index in [2.05, 4.69) is 590 Å². The quantitative estimate of drug-likeness (QED) is 0.103. The Balaban J connectivity index is 0.000000797. The first-order valence-corrected chi connectivity index (χ1v) is 55.3. The van der Waals surface area contributed by atoms with E-state index in [0.29, 0.717) is 82.9 Å². The number of nitrogens with zero attached hydrogens (tertiary/aromatic N) is 3. The van der Waals surface area contributed by atoms with Gasteiger partial charge in [-0.3, -0.25) is 15.0 Å². The molecule has 0 saturated carbocycles. The van der Waals surface area contributed by atoms with Crippen molar-refractivity contribution in [2.45, 2.75) is 415 Å². The average molecular weight is 2000 g/mol. The second kappa shape index (κ2) is 71.4. The van der Waals surface area contributed by atoms with Crippen molar-refractivity contribution in [3.8, 4) is 5.75 Å². The first-order chi connectivity index (χ1) is 69.2. The maximum absolute atomic E-state index is 5.19. The lowest BCUT2D eigenvalue weighted by Crippen LogP contribution is -1.93. The van der Waals surface area contributed by atoms with Crippen LogP contribution in [0.15, 0.2) is 279 Å². The molecule has 148 heavy (non-hydrogen) atoms. The van der Waals surface area contributed by atoms with Crippen molar-refractivity contribution < 1.29 is 4.74 Å². The van der Waals surface area contributed by atoms with E-state index >= 15 is 0 Å². The van der Waals surface area contributed by atoms with Crippen LogP contribution in [0.4, 0.5) is 0 Å². The zero-order valence-electron chi connectivity index (χ0n) is 103. The van der Waals surface area contributed by atoms with Crippen LogP contribution in [-0.4, -0.2) is 22.1 Å². The fourth-order valence-electron chi connectivity index (χ4n) is 14.7. The van der Waals surface area contributed by atoms with E-state index < -0.39 is 0 Å². The van der Waals surface area contributed by atoms with Gasteiger partial charge in [-0.1, -0.05) is 440 Å². The van der Waals surface area contributed by atoms with Crippen LogP contribution < -0.4 is 4.74 Å². The first kappa shape index (κ1) is 135. The predicted octanol–water partition coefficient (Wildman–Crippen LogP) is 43.7. The fourth-order valence-corrected chi connectivity index (χ4v) is 14.7. The normalized spacial score (nSPS) is 10.5. The van der Waals surface area contributed by atoms with E-state index in [0.717, 1.165) is 5.75 Å². The molecule has 0 N–H and O–H groups in total. The van der Waals surface area contributed by atoms with Crippen molar-refractivity contribution in [1.82, 2.24) is 15.0 Å². The molecule has 0 unspecified atom stereocenters. The molecule has 3 aromatic heterocycles. The van der Waals surface area contributed by atoms with Gasteiger partial charge in [0.15, 0.2) is 0 Å². The summed E-state index contributed by atoms with van der Waals surface area (Å²) >= 11 is 0. The number of hydrogen-bond donors (Lipinski definition) is 0. The molecule has 3 heterocycles. The van der Waals surface area contributed by atoms with Crippen LogP contribution in [0.1, 0.15) is 466 Å². The highest BCUT2D eigenvalue weighted by Crippen LogP contribution is 2.28. The lowest BCUT2D eigenvalue weighted by Gasteiger charge is -2.11. The number of pyridine rings is 3. The molecule has 14 aromatic rings. The summed E-state index contributed by atoms with van der Waals surface area (Å²) in [5.74, 6) is 9.65. The van der Waals surface area contributed by atoms with E-state index in [1.54, 1.807) is 7.11 Å². The maximum atomic E-state index is 5.19.